The van der Waals surface area contributed by atoms with Crippen LogP contribution in [-0.2, 0) is 17.5 Å². The smallest absolute Gasteiger partial charge is 0.356 e. The van der Waals surface area contributed by atoms with E-state index in [0.29, 0.717) is 12.2 Å². The summed E-state index contributed by atoms with van der Waals surface area (Å²) in [4.78, 5) is 12.0. The summed E-state index contributed by atoms with van der Waals surface area (Å²) in [5.41, 5.74) is -0.573. The molecule has 0 aromatic carbocycles. The first-order valence-electron chi connectivity index (χ1n) is 13.3. The van der Waals surface area contributed by atoms with Crippen LogP contribution in [0.15, 0.2) is 4.47 Å². The van der Waals surface area contributed by atoms with Crippen LogP contribution < -0.4 is 5.32 Å². The van der Waals surface area contributed by atoms with Gasteiger partial charge in [0, 0.05) is 13.0 Å². The van der Waals surface area contributed by atoms with E-state index in [4.69, 9.17) is 0 Å². The zero-order chi connectivity index (χ0) is 25.2. The molecule has 0 aliphatic heterocycles. The summed E-state index contributed by atoms with van der Waals surface area (Å²) in [6.07, 6.45) is 16.5. The van der Waals surface area contributed by atoms with Crippen molar-refractivity contribution < 1.29 is 18.0 Å². The van der Waals surface area contributed by atoms with Crippen LogP contribution in [0.5, 0.6) is 0 Å². The number of nitrogens with one attached hydrogen (secondary N) is 1. The Balaban J connectivity index is 1.93. The number of aryl methyl sites for hydroxylation is 1. The Morgan fingerprint density at radius 3 is 1.71 bits per heavy atom. The highest BCUT2D eigenvalue weighted by Gasteiger charge is 2.37. The van der Waals surface area contributed by atoms with Gasteiger partial charge in [-0.3, -0.25) is 9.48 Å². The maximum absolute atomic E-state index is 12.9. The lowest BCUT2D eigenvalue weighted by atomic mass is 10.0. The third kappa shape index (κ3) is 13.7. The van der Waals surface area contributed by atoms with Gasteiger partial charge in [-0.25, -0.2) is 0 Å². The van der Waals surface area contributed by atoms with E-state index in [9.17, 15) is 18.0 Å². The summed E-state index contributed by atoms with van der Waals surface area (Å²) >= 11 is 2.95. The van der Waals surface area contributed by atoms with Gasteiger partial charge in [0.1, 0.15) is 0 Å². The second-order valence-electron chi connectivity index (χ2n) is 9.37. The molecular formula is C26H45BrF3N3O. The lowest BCUT2D eigenvalue weighted by Gasteiger charge is -2.07. The number of hydrogen-bond donors (Lipinski definition) is 1. The molecular weight excluding hydrogens is 507 g/mol. The number of carbonyl (C=O) groups excluding carboxylic acids is 1. The van der Waals surface area contributed by atoms with Gasteiger partial charge in [0.2, 0.25) is 5.91 Å². The third-order valence-corrected chi connectivity index (χ3v) is 7.25. The van der Waals surface area contributed by atoms with E-state index in [1.807, 2.05) is 0 Å². The maximum atomic E-state index is 12.9. The largest absolute Gasteiger partial charge is 0.436 e. The summed E-state index contributed by atoms with van der Waals surface area (Å²) in [7, 11) is 0. The maximum Gasteiger partial charge on any atom is 0.436 e. The summed E-state index contributed by atoms with van der Waals surface area (Å²) in [5, 5.41) is 6.46. The zero-order valence-corrected chi connectivity index (χ0v) is 22.8. The highest BCUT2D eigenvalue weighted by molar-refractivity contribution is 9.10. The van der Waals surface area contributed by atoms with Gasteiger partial charge in [0.15, 0.2) is 5.69 Å². The minimum absolute atomic E-state index is 0.0615. The van der Waals surface area contributed by atoms with Crippen LogP contribution >= 0.6 is 15.9 Å². The number of aromatic nitrogens is 2. The van der Waals surface area contributed by atoms with Crippen LogP contribution in [-0.4, -0.2) is 22.2 Å². The van der Waals surface area contributed by atoms with Crippen molar-refractivity contribution in [2.75, 3.05) is 6.54 Å². The topological polar surface area (TPSA) is 46.9 Å². The predicted molar refractivity (Wildman–Crippen MR) is 137 cm³/mol. The highest BCUT2D eigenvalue weighted by Crippen LogP contribution is 2.35. The number of alkyl halides is 3. The Kier molecular flexibility index (Phi) is 16.6. The first kappa shape index (κ1) is 31.0. The first-order valence-corrected chi connectivity index (χ1v) is 14.1. The molecule has 4 nitrogen and oxygen atoms in total. The van der Waals surface area contributed by atoms with E-state index < -0.39 is 11.9 Å². The number of carbonyl (C=O) groups is 1. The van der Waals surface area contributed by atoms with Crippen LogP contribution in [0.2, 0.25) is 0 Å². The molecule has 0 atom stereocenters. The van der Waals surface area contributed by atoms with Crippen molar-refractivity contribution in [3.63, 3.8) is 0 Å². The van der Waals surface area contributed by atoms with Gasteiger partial charge in [-0.2, -0.15) is 18.3 Å². The fourth-order valence-corrected chi connectivity index (χ4v) is 4.63. The van der Waals surface area contributed by atoms with E-state index in [1.165, 1.54) is 94.6 Å². The molecule has 8 heteroatoms. The Bertz CT molecular complexity index is 677. The molecule has 198 valence electrons. The van der Waals surface area contributed by atoms with Crippen molar-refractivity contribution in [2.45, 2.75) is 136 Å². The second kappa shape index (κ2) is 18.3. The second-order valence-corrected chi connectivity index (χ2v) is 10.2. The Morgan fingerprint density at radius 1 is 0.853 bits per heavy atom. The monoisotopic (exact) mass is 551 g/mol. The van der Waals surface area contributed by atoms with Crippen molar-refractivity contribution in [2.24, 2.45) is 0 Å². The van der Waals surface area contributed by atoms with Crippen LogP contribution in [0.1, 0.15) is 127 Å². The number of hydrogen-bond acceptors (Lipinski definition) is 2. The van der Waals surface area contributed by atoms with E-state index in [1.54, 1.807) is 6.92 Å². The molecule has 1 rings (SSSR count). The normalized spacial score (nSPS) is 11.8. The van der Waals surface area contributed by atoms with Crippen molar-refractivity contribution >= 4 is 21.8 Å². The molecule has 0 unspecified atom stereocenters. The predicted octanol–water partition coefficient (Wildman–Crippen LogP) is 8.74. The number of nitrogens with zero attached hydrogens (tertiary/aromatic N) is 2. The molecule has 0 saturated heterocycles. The Labute approximate surface area is 213 Å². The van der Waals surface area contributed by atoms with Gasteiger partial charge in [-0.15, -0.1) is 0 Å². The molecule has 0 radical (unpaired) electrons. The molecule has 1 N–H and O–H groups in total. The molecule has 34 heavy (non-hydrogen) atoms. The van der Waals surface area contributed by atoms with Crippen LogP contribution in [0.25, 0.3) is 0 Å². The minimum atomic E-state index is -4.51. The van der Waals surface area contributed by atoms with Crippen molar-refractivity contribution in [3.05, 3.63) is 15.9 Å². The number of unbranched alkanes of at least 4 members (excludes halogenated alkanes) is 15. The molecule has 0 bridgehead atoms. The van der Waals surface area contributed by atoms with Gasteiger partial charge >= 0.3 is 6.18 Å². The van der Waals surface area contributed by atoms with Crippen LogP contribution in [0, 0.1) is 6.92 Å². The third-order valence-electron chi connectivity index (χ3n) is 6.31. The minimum Gasteiger partial charge on any atom is -0.356 e. The molecule has 0 aliphatic carbocycles. The standard InChI is InChI=1S/C26H45BrF3N3O/c1-3-4-5-6-7-8-9-10-11-12-13-14-15-16-17-18-20-31-23(34)19-21-33-22(2)24(27)25(32-33)26(28,29)30/h3-21H2,1-2H3,(H,31,34). The first-order chi connectivity index (χ1) is 16.3. The molecule has 0 saturated carbocycles. The molecule has 0 aliphatic rings. The molecule has 1 aromatic heterocycles. The summed E-state index contributed by atoms with van der Waals surface area (Å²) in [6, 6.07) is 0. The van der Waals surface area contributed by atoms with Gasteiger partial charge in [-0.05, 0) is 29.3 Å². The van der Waals surface area contributed by atoms with Gasteiger partial charge < -0.3 is 5.32 Å². The molecule has 1 heterocycles. The fraction of sp³-hybridized carbons (Fsp3) is 0.846. The molecule has 1 aromatic rings. The van der Waals surface area contributed by atoms with Crippen molar-refractivity contribution in [1.82, 2.24) is 15.1 Å². The fourth-order valence-electron chi connectivity index (χ4n) is 4.12. The number of rotatable bonds is 20. The van der Waals surface area contributed by atoms with Gasteiger partial charge in [-0.1, -0.05) is 103 Å². The van der Waals surface area contributed by atoms with Crippen LogP contribution in [0.4, 0.5) is 13.2 Å². The van der Waals surface area contributed by atoms with E-state index >= 15 is 0 Å². The van der Waals surface area contributed by atoms with Gasteiger partial charge in [0.25, 0.3) is 0 Å². The van der Waals surface area contributed by atoms with E-state index in [-0.39, 0.29) is 23.3 Å². The lowest BCUT2D eigenvalue weighted by Crippen LogP contribution is -2.25. The highest BCUT2D eigenvalue weighted by atomic mass is 79.9. The molecule has 1 amide bonds. The quantitative estimate of drug-likeness (QED) is 0.164. The number of halogens is 4. The average molecular weight is 553 g/mol. The summed E-state index contributed by atoms with van der Waals surface area (Å²) < 4.78 is 39.9. The molecule has 0 spiro atoms. The summed E-state index contributed by atoms with van der Waals surface area (Å²) in [6.45, 7) is 4.57. The van der Waals surface area contributed by atoms with Crippen LogP contribution in [0.3, 0.4) is 0 Å². The lowest BCUT2D eigenvalue weighted by molar-refractivity contribution is -0.142. The van der Waals surface area contributed by atoms with Crippen molar-refractivity contribution in [1.29, 1.82) is 0 Å². The summed E-state index contributed by atoms with van der Waals surface area (Å²) in [5.74, 6) is -0.152. The Morgan fingerprint density at radius 2 is 1.29 bits per heavy atom. The number of amides is 1. The van der Waals surface area contributed by atoms with Crippen molar-refractivity contribution in [3.8, 4) is 0 Å². The SMILES string of the molecule is CCCCCCCCCCCCCCCCCCNC(=O)CCn1nc(C(F)(F)F)c(Br)c1C. The molecule has 0 fully saturated rings. The zero-order valence-electron chi connectivity index (χ0n) is 21.2. The van der Waals surface area contributed by atoms with Gasteiger partial charge in [0.05, 0.1) is 16.7 Å². The van der Waals surface area contributed by atoms with E-state index in [2.05, 4.69) is 33.3 Å². The van der Waals surface area contributed by atoms with E-state index in [0.717, 1.165) is 12.8 Å². The average Bonchev–Trinajstić information content (AvgIpc) is 3.08. The Hall–Kier alpha value is -1.05.